The van der Waals surface area contributed by atoms with Crippen LogP contribution in [0.4, 0.5) is 0 Å². The van der Waals surface area contributed by atoms with Crippen molar-refractivity contribution in [3.63, 3.8) is 0 Å². The summed E-state index contributed by atoms with van der Waals surface area (Å²) in [6.45, 7) is 0.816. The molecule has 0 aliphatic heterocycles. The molecule has 0 spiro atoms. The molecule has 0 amide bonds. The largest absolute Gasteiger partial charge is 0.477 e. The van der Waals surface area contributed by atoms with Crippen LogP contribution in [0.1, 0.15) is 21.6 Å². The summed E-state index contributed by atoms with van der Waals surface area (Å²) in [6.07, 6.45) is 1.47. The molecule has 0 fully saturated rings. The Labute approximate surface area is 119 Å². The molecule has 5 heteroatoms. The number of benzene rings is 1. The van der Waals surface area contributed by atoms with Gasteiger partial charge >= 0.3 is 5.97 Å². The van der Waals surface area contributed by atoms with Gasteiger partial charge in [0, 0.05) is 10.7 Å². The van der Waals surface area contributed by atoms with Crippen LogP contribution in [-0.4, -0.2) is 16.1 Å². The predicted octanol–water partition coefficient (Wildman–Crippen LogP) is 3.26. The first-order chi connectivity index (χ1) is 9.16. The number of rotatable bonds is 5. The molecule has 2 rings (SSSR count). The molecule has 0 saturated heterocycles. The van der Waals surface area contributed by atoms with Crippen LogP contribution in [0, 0.1) is 0 Å². The molecule has 1 aromatic heterocycles. The van der Waals surface area contributed by atoms with Crippen LogP contribution in [0.25, 0.3) is 0 Å². The summed E-state index contributed by atoms with van der Waals surface area (Å²) in [5, 5.41) is 8.84. The number of aromatic nitrogens is 1. The third kappa shape index (κ3) is 3.87. The number of carboxylic acid groups (broad SMARTS) is 1. The van der Waals surface area contributed by atoms with Gasteiger partial charge in [-0.05, 0) is 29.3 Å². The number of halogens is 1. The van der Waals surface area contributed by atoms with Crippen molar-refractivity contribution >= 4 is 21.9 Å². The van der Waals surface area contributed by atoms with E-state index in [1.54, 1.807) is 6.07 Å². The second kappa shape index (κ2) is 6.45. The highest BCUT2D eigenvalue weighted by atomic mass is 79.9. The Balaban J connectivity index is 1.94. The number of aromatic carboxylic acids is 1. The maximum Gasteiger partial charge on any atom is 0.354 e. The summed E-state index contributed by atoms with van der Waals surface area (Å²) in [7, 11) is 0. The first-order valence-electron chi connectivity index (χ1n) is 5.66. The number of hydrogen-bond acceptors (Lipinski definition) is 3. The molecule has 1 aromatic carbocycles. The summed E-state index contributed by atoms with van der Waals surface area (Å²) in [5.74, 6) is -1.03. The van der Waals surface area contributed by atoms with Gasteiger partial charge in [0.25, 0.3) is 0 Å². The molecule has 98 valence electrons. The molecule has 0 bridgehead atoms. The Kier molecular flexibility index (Phi) is 4.65. The average molecular weight is 322 g/mol. The number of pyridine rings is 1. The lowest BCUT2D eigenvalue weighted by Crippen LogP contribution is -2.02. The van der Waals surface area contributed by atoms with E-state index < -0.39 is 5.97 Å². The third-order valence-corrected chi connectivity index (χ3v) is 3.30. The van der Waals surface area contributed by atoms with Gasteiger partial charge in [0.05, 0.1) is 13.2 Å². The zero-order valence-corrected chi connectivity index (χ0v) is 11.6. The van der Waals surface area contributed by atoms with E-state index in [4.69, 9.17) is 9.84 Å². The van der Waals surface area contributed by atoms with Gasteiger partial charge in [-0.1, -0.05) is 34.1 Å². The molecular weight excluding hydrogens is 310 g/mol. The van der Waals surface area contributed by atoms with Crippen LogP contribution in [0.2, 0.25) is 0 Å². The highest BCUT2D eigenvalue weighted by Crippen LogP contribution is 2.17. The van der Waals surface area contributed by atoms with Gasteiger partial charge in [0.15, 0.2) is 0 Å². The maximum absolute atomic E-state index is 10.8. The predicted molar refractivity (Wildman–Crippen MR) is 73.8 cm³/mol. The van der Waals surface area contributed by atoms with Gasteiger partial charge in [0.1, 0.15) is 5.69 Å². The second-order valence-corrected chi connectivity index (χ2v) is 4.79. The fourth-order valence-electron chi connectivity index (χ4n) is 1.58. The minimum atomic E-state index is -1.03. The van der Waals surface area contributed by atoms with E-state index >= 15 is 0 Å². The summed E-state index contributed by atoms with van der Waals surface area (Å²) in [5.41, 5.74) is 1.87. The van der Waals surface area contributed by atoms with Crippen LogP contribution in [-0.2, 0) is 18.0 Å². The van der Waals surface area contributed by atoms with Crippen molar-refractivity contribution < 1.29 is 14.6 Å². The molecule has 1 N–H and O–H groups in total. The van der Waals surface area contributed by atoms with Crippen molar-refractivity contribution in [2.45, 2.75) is 13.2 Å². The highest BCUT2D eigenvalue weighted by molar-refractivity contribution is 9.10. The number of carboxylic acids is 1. The minimum absolute atomic E-state index is 0.0296. The topological polar surface area (TPSA) is 59.4 Å². The summed E-state index contributed by atoms with van der Waals surface area (Å²) in [4.78, 5) is 14.5. The Bertz CT molecular complexity index is 586. The fourth-order valence-corrected chi connectivity index (χ4v) is 1.97. The maximum atomic E-state index is 10.8. The third-order valence-electron chi connectivity index (χ3n) is 2.53. The van der Waals surface area contributed by atoms with Gasteiger partial charge in [-0.2, -0.15) is 0 Å². The minimum Gasteiger partial charge on any atom is -0.477 e. The Morgan fingerprint density at radius 2 is 2.05 bits per heavy atom. The molecule has 2 aromatic rings. The summed E-state index contributed by atoms with van der Waals surface area (Å²) >= 11 is 3.45. The first kappa shape index (κ1) is 13.7. The summed E-state index contributed by atoms with van der Waals surface area (Å²) in [6, 6.07) is 11.1. The van der Waals surface area contributed by atoms with Crippen molar-refractivity contribution in [2.75, 3.05) is 0 Å². The number of hydrogen-bond donors (Lipinski definition) is 1. The molecule has 0 aliphatic carbocycles. The van der Waals surface area contributed by atoms with E-state index in [0.717, 1.165) is 15.6 Å². The zero-order chi connectivity index (χ0) is 13.7. The monoisotopic (exact) mass is 321 g/mol. The Morgan fingerprint density at radius 3 is 2.79 bits per heavy atom. The van der Waals surface area contributed by atoms with Crippen molar-refractivity contribution in [1.82, 2.24) is 4.98 Å². The first-order valence-corrected chi connectivity index (χ1v) is 6.45. The normalized spacial score (nSPS) is 10.4. The van der Waals surface area contributed by atoms with Crippen molar-refractivity contribution in [2.24, 2.45) is 0 Å². The number of ether oxygens (including phenoxy) is 1. The molecule has 0 aliphatic rings. The number of nitrogens with zero attached hydrogens (tertiary/aromatic N) is 1. The van der Waals surface area contributed by atoms with Crippen LogP contribution in [0.3, 0.4) is 0 Å². The lowest BCUT2D eigenvalue weighted by molar-refractivity contribution is 0.0689. The van der Waals surface area contributed by atoms with Gasteiger partial charge in [-0.3, -0.25) is 0 Å². The van der Waals surface area contributed by atoms with Crippen molar-refractivity contribution in [1.29, 1.82) is 0 Å². The lowest BCUT2D eigenvalue weighted by Gasteiger charge is -2.06. The van der Waals surface area contributed by atoms with Gasteiger partial charge < -0.3 is 9.84 Å². The fraction of sp³-hybridized carbons (Fsp3) is 0.143. The molecule has 1 heterocycles. The Morgan fingerprint density at radius 1 is 1.26 bits per heavy atom. The van der Waals surface area contributed by atoms with Crippen LogP contribution in [0.15, 0.2) is 47.1 Å². The number of carbonyl (C=O) groups is 1. The van der Waals surface area contributed by atoms with E-state index in [-0.39, 0.29) is 5.69 Å². The molecule has 0 unspecified atom stereocenters. The van der Waals surface area contributed by atoms with Gasteiger partial charge in [0.2, 0.25) is 0 Å². The van der Waals surface area contributed by atoms with Crippen LogP contribution >= 0.6 is 15.9 Å². The summed E-state index contributed by atoms with van der Waals surface area (Å²) < 4.78 is 6.57. The van der Waals surface area contributed by atoms with Gasteiger partial charge in [-0.25, -0.2) is 9.78 Å². The standard InChI is InChI=1S/C14H12BrNO3/c15-12-4-2-1-3-11(12)9-19-8-10-5-6-16-13(7-10)14(17)18/h1-7H,8-9H2,(H,17,18). The molecule has 19 heavy (non-hydrogen) atoms. The molecule has 0 radical (unpaired) electrons. The van der Waals surface area contributed by atoms with E-state index in [1.807, 2.05) is 24.3 Å². The second-order valence-electron chi connectivity index (χ2n) is 3.94. The molecule has 0 atom stereocenters. The van der Waals surface area contributed by atoms with Crippen LogP contribution < -0.4 is 0 Å². The van der Waals surface area contributed by atoms with E-state index in [9.17, 15) is 4.79 Å². The Hall–Kier alpha value is -1.72. The molecular formula is C14H12BrNO3. The quantitative estimate of drug-likeness (QED) is 0.918. The van der Waals surface area contributed by atoms with E-state index in [1.165, 1.54) is 12.3 Å². The molecule has 4 nitrogen and oxygen atoms in total. The SMILES string of the molecule is O=C(O)c1cc(COCc2ccccc2Br)ccn1. The smallest absolute Gasteiger partial charge is 0.354 e. The lowest BCUT2D eigenvalue weighted by atomic mass is 10.2. The molecule has 0 saturated carbocycles. The van der Waals surface area contributed by atoms with Crippen molar-refractivity contribution in [3.05, 3.63) is 63.9 Å². The highest BCUT2D eigenvalue weighted by Gasteiger charge is 2.05. The van der Waals surface area contributed by atoms with E-state index in [2.05, 4.69) is 20.9 Å². The average Bonchev–Trinajstić information content (AvgIpc) is 2.41. The zero-order valence-electron chi connectivity index (χ0n) is 10.0. The van der Waals surface area contributed by atoms with Crippen molar-refractivity contribution in [3.8, 4) is 0 Å². The van der Waals surface area contributed by atoms with Crippen LogP contribution in [0.5, 0.6) is 0 Å². The van der Waals surface area contributed by atoms with E-state index in [0.29, 0.717) is 13.2 Å². The van der Waals surface area contributed by atoms with Gasteiger partial charge in [-0.15, -0.1) is 0 Å².